The van der Waals surface area contributed by atoms with Gasteiger partial charge in [0.1, 0.15) is 41.5 Å². The Morgan fingerprint density at radius 3 is 2.08 bits per heavy atom. The number of allylic oxidation sites excluding steroid dienone is 2. The highest BCUT2D eigenvalue weighted by Gasteiger charge is 2.39. The van der Waals surface area contributed by atoms with Crippen LogP contribution in [-0.2, 0) is 0 Å². The molecule has 0 aliphatic heterocycles. The van der Waals surface area contributed by atoms with Crippen LogP contribution < -0.4 is 0 Å². The smallest absolute Gasteiger partial charge is 0.224 e. The molecular weight excluding hydrogens is 500 g/mol. The Balaban J connectivity index is 1.71. The van der Waals surface area contributed by atoms with E-state index < -0.39 is 63.1 Å². The molecule has 3 aromatic rings. The molecule has 2 aliphatic rings. The minimum Gasteiger partial charge on any atom is -0.384 e. The SMILES string of the molecule is [C-]#[N+]C1=C(c2cc(F)c([N+]#[C-])cc2F)C(=O)c2cc3c(cc21)C(O)C(c1cc(F)c(C#N)cc1F)=C3C#N. The maximum absolute atomic E-state index is 14.8. The van der Waals surface area contributed by atoms with E-state index >= 15 is 0 Å². The normalized spacial score (nSPS) is 15.5. The Labute approximate surface area is 211 Å². The number of aliphatic hydroxyl groups excluding tert-OH is 1. The second kappa shape index (κ2) is 8.54. The number of hydrogen-bond acceptors (Lipinski definition) is 4. The monoisotopic (exact) mass is 508 g/mol. The Morgan fingerprint density at radius 1 is 0.763 bits per heavy atom. The summed E-state index contributed by atoms with van der Waals surface area (Å²) in [5.41, 5.74) is -3.72. The number of carbonyl (C=O) groups is 1. The van der Waals surface area contributed by atoms with Crippen molar-refractivity contribution in [3.05, 3.63) is 121 Å². The first-order chi connectivity index (χ1) is 18.2. The summed E-state index contributed by atoms with van der Waals surface area (Å²) in [7, 11) is 0. The number of nitriles is 2. The standard InChI is InChI=1S/C28H8F4N4O2/c1-35-23-8-21(31)17(7-22(23)32)25-26(36-2)13-5-14-12(4-15(13)28(25)38)18(10-34)24(27(14)37)16-6-19(29)11(9-33)3-20(16)30/h3-8,27,37H. The van der Waals surface area contributed by atoms with Crippen molar-refractivity contribution in [1.29, 1.82) is 10.5 Å². The molecule has 6 nitrogen and oxygen atoms in total. The molecule has 5 rings (SSSR count). The first-order valence-electron chi connectivity index (χ1n) is 10.6. The molecule has 0 bridgehead atoms. The predicted molar refractivity (Wildman–Crippen MR) is 125 cm³/mol. The van der Waals surface area contributed by atoms with Crippen LogP contribution in [0.15, 0.2) is 36.4 Å². The molecule has 0 amide bonds. The van der Waals surface area contributed by atoms with E-state index in [4.69, 9.17) is 18.4 Å². The zero-order valence-corrected chi connectivity index (χ0v) is 18.7. The summed E-state index contributed by atoms with van der Waals surface area (Å²) in [6, 6.07) is 8.28. The summed E-state index contributed by atoms with van der Waals surface area (Å²) in [5, 5.41) is 29.8. The maximum Gasteiger partial charge on any atom is 0.224 e. The van der Waals surface area contributed by atoms with E-state index in [0.717, 1.165) is 0 Å². The zero-order valence-electron chi connectivity index (χ0n) is 18.7. The third kappa shape index (κ3) is 3.23. The molecule has 10 heteroatoms. The molecule has 0 radical (unpaired) electrons. The molecule has 38 heavy (non-hydrogen) atoms. The van der Waals surface area contributed by atoms with Gasteiger partial charge in [-0.25, -0.2) is 27.3 Å². The van der Waals surface area contributed by atoms with Crippen molar-refractivity contribution < 1.29 is 27.5 Å². The van der Waals surface area contributed by atoms with Gasteiger partial charge in [0, 0.05) is 27.8 Å². The number of hydrogen-bond donors (Lipinski definition) is 1. The molecule has 0 saturated carbocycles. The van der Waals surface area contributed by atoms with Crippen LogP contribution in [0.3, 0.4) is 0 Å². The van der Waals surface area contributed by atoms with Crippen LogP contribution in [0.4, 0.5) is 23.2 Å². The molecule has 0 spiro atoms. The summed E-state index contributed by atoms with van der Waals surface area (Å²) in [6.07, 6.45) is -1.68. The van der Waals surface area contributed by atoms with Crippen LogP contribution in [0.1, 0.15) is 49.8 Å². The quantitative estimate of drug-likeness (QED) is 0.333. The molecular formula is C28H8F4N4O2. The van der Waals surface area contributed by atoms with E-state index in [1.54, 1.807) is 0 Å². The van der Waals surface area contributed by atoms with Crippen LogP contribution in [-0.4, -0.2) is 10.9 Å². The van der Waals surface area contributed by atoms with Gasteiger partial charge in [-0.3, -0.25) is 4.79 Å². The highest BCUT2D eigenvalue weighted by Crippen LogP contribution is 2.50. The first-order valence-corrected chi connectivity index (χ1v) is 10.6. The fourth-order valence-corrected chi connectivity index (χ4v) is 4.68. The lowest BCUT2D eigenvalue weighted by atomic mass is 9.96. The molecule has 3 aromatic carbocycles. The molecule has 180 valence electrons. The third-order valence-electron chi connectivity index (χ3n) is 6.38. The number of halogens is 4. The summed E-state index contributed by atoms with van der Waals surface area (Å²) in [5.74, 6) is -5.19. The minimum absolute atomic E-state index is 0.00433. The summed E-state index contributed by atoms with van der Waals surface area (Å²) < 4.78 is 58.1. The number of benzene rings is 3. The number of carbonyl (C=O) groups excluding carboxylic acids is 1. The average Bonchev–Trinajstić information content (AvgIpc) is 3.34. The average molecular weight is 508 g/mol. The summed E-state index contributed by atoms with van der Waals surface area (Å²) in [6.45, 7) is 14.5. The molecule has 0 heterocycles. The number of rotatable bonds is 2. The van der Waals surface area contributed by atoms with E-state index in [2.05, 4.69) is 9.69 Å². The van der Waals surface area contributed by atoms with Crippen molar-refractivity contribution in [2.75, 3.05) is 0 Å². The molecule has 0 saturated heterocycles. The first kappa shape index (κ1) is 24.2. The third-order valence-corrected chi connectivity index (χ3v) is 6.38. The lowest BCUT2D eigenvalue weighted by Gasteiger charge is -2.13. The van der Waals surface area contributed by atoms with Crippen LogP contribution in [0.5, 0.6) is 0 Å². The molecule has 0 fully saturated rings. The lowest BCUT2D eigenvalue weighted by Crippen LogP contribution is -2.03. The second-order valence-corrected chi connectivity index (χ2v) is 8.27. The van der Waals surface area contributed by atoms with Crippen LogP contribution in [0, 0.1) is 59.1 Å². The van der Waals surface area contributed by atoms with E-state index in [0.29, 0.717) is 24.3 Å². The number of Topliss-reactive ketones (excluding diaryl/α,β-unsaturated/α-hetero) is 1. The minimum atomic E-state index is -1.68. The molecule has 0 aromatic heterocycles. The Morgan fingerprint density at radius 2 is 1.45 bits per heavy atom. The Bertz CT molecular complexity index is 1900. The summed E-state index contributed by atoms with van der Waals surface area (Å²) in [4.78, 5) is 19.5. The van der Waals surface area contributed by atoms with E-state index in [-0.39, 0.29) is 39.1 Å². The van der Waals surface area contributed by atoms with Crippen molar-refractivity contribution in [2.45, 2.75) is 6.10 Å². The van der Waals surface area contributed by atoms with Crippen LogP contribution in [0.2, 0.25) is 0 Å². The number of nitrogens with zero attached hydrogens (tertiary/aromatic N) is 4. The van der Waals surface area contributed by atoms with Gasteiger partial charge in [0.15, 0.2) is 5.78 Å². The largest absolute Gasteiger partial charge is 0.384 e. The van der Waals surface area contributed by atoms with E-state index in [1.807, 2.05) is 6.07 Å². The van der Waals surface area contributed by atoms with Gasteiger partial charge in [-0.05, 0) is 47.0 Å². The molecule has 1 unspecified atom stereocenters. The predicted octanol–water partition coefficient (Wildman–Crippen LogP) is 6.13. The highest BCUT2D eigenvalue weighted by atomic mass is 19.1. The number of aliphatic hydroxyl groups is 1. The van der Waals surface area contributed by atoms with Gasteiger partial charge >= 0.3 is 0 Å². The van der Waals surface area contributed by atoms with E-state index in [1.165, 1.54) is 18.2 Å². The van der Waals surface area contributed by atoms with Gasteiger partial charge < -0.3 is 5.11 Å². The summed E-state index contributed by atoms with van der Waals surface area (Å²) >= 11 is 0. The maximum atomic E-state index is 14.8. The molecule has 1 N–H and O–H groups in total. The van der Waals surface area contributed by atoms with Crippen molar-refractivity contribution in [1.82, 2.24) is 0 Å². The second-order valence-electron chi connectivity index (χ2n) is 8.27. The van der Waals surface area contributed by atoms with Gasteiger partial charge in [0.25, 0.3) is 0 Å². The molecule has 1 atom stereocenters. The fraction of sp³-hybridized carbons (Fsp3) is 0.0357. The van der Waals surface area contributed by atoms with Crippen molar-refractivity contribution in [3.8, 4) is 12.1 Å². The Hall–Kier alpha value is -5.55. The van der Waals surface area contributed by atoms with Crippen molar-refractivity contribution >= 4 is 33.9 Å². The van der Waals surface area contributed by atoms with Crippen LogP contribution >= 0.6 is 0 Å². The van der Waals surface area contributed by atoms with Gasteiger partial charge in [-0.15, -0.1) is 0 Å². The fourth-order valence-electron chi connectivity index (χ4n) is 4.68. The Kier molecular flexibility index (Phi) is 5.43. The number of ketones is 1. The van der Waals surface area contributed by atoms with Gasteiger partial charge in [0.2, 0.25) is 11.4 Å². The van der Waals surface area contributed by atoms with Crippen LogP contribution in [0.25, 0.3) is 32.1 Å². The highest BCUT2D eigenvalue weighted by molar-refractivity contribution is 6.41. The zero-order chi connectivity index (χ0) is 27.5. The van der Waals surface area contributed by atoms with Gasteiger partial charge in [-0.1, -0.05) is 6.07 Å². The van der Waals surface area contributed by atoms with Crippen molar-refractivity contribution in [2.24, 2.45) is 0 Å². The topological polar surface area (TPSA) is 93.6 Å². The lowest BCUT2D eigenvalue weighted by molar-refractivity contribution is 0.105. The van der Waals surface area contributed by atoms with Crippen molar-refractivity contribution in [3.63, 3.8) is 0 Å². The van der Waals surface area contributed by atoms with E-state index in [9.17, 15) is 32.7 Å². The molecule has 2 aliphatic carbocycles. The number of fused-ring (bicyclic) bond motifs is 2. The van der Waals surface area contributed by atoms with Gasteiger partial charge in [-0.2, -0.15) is 10.5 Å². The van der Waals surface area contributed by atoms with Gasteiger partial charge in [0.05, 0.1) is 24.3 Å².